The van der Waals surface area contributed by atoms with E-state index in [1.54, 1.807) is 0 Å². The Hall–Kier alpha value is -3.74. The minimum absolute atomic E-state index is 0.124. The molecule has 2 aliphatic rings. The number of carbonyl (C=O) groups excluding carboxylic acids is 2. The van der Waals surface area contributed by atoms with Crippen molar-refractivity contribution >= 4 is 28.7 Å². The molecular formula is C23H23F3N6O4. The number of benzene rings is 1. The molecule has 1 aliphatic carbocycles. The number of anilines is 1. The van der Waals surface area contributed by atoms with Gasteiger partial charge in [-0.1, -0.05) is 0 Å². The third kappa shape index (κ3) is 4.23. The zero-order valence-electron chi connectivity index (χ0n) is 19.1. The van der Waals surface area contributed by atoms with Crippen molar-refractivity contribution < 1.29 is 32.6 Å². The van der Waals surface area contributed by atoms with Gasteiger partial charge in [0.25, 0.3) is 5.91 Å². The second kappa shape index (κ2) is 9.37. The number of nitrogens with one attached hydrogen (secondary N) is 2. The van der Waals surface area contributed by atoms with Gasteiger partial charge < -0.3 is 20.1 Å². The van der Waals surface area contributed by atoms with Crippen LogP contribution in [0.1, 0.15) is 41.4 Å². The van der Waals surface area contributed by atoms with E-state index in [1.165, 1.54) is 13.4 Å². The quantitative estimate of drug-likeness (QED) is 0.451. The number of ether oxygens (including phenoxy) is 1. The zero-order chi connectivity index (χ0) is 25.6. The van der Waals surface area contributed by atoms with Gasteiger partial charge in [0.05, 0.1) is 43.1 Å². The number of alkyl halides is 1. The average molecular weight is 504 g/mol. The van der Waals surface area contributed by atoms with Gasteiger partial charge >= 0.3 is 5.97 Å². The highest BCUT2D eigenvalue weighted by Crippen LogP contribution is 2.38. The second-order valence-electron chi connectivity index (χ2n) is 9.00. The lowest BCUT2D eigenvalue weighted by molar-refractivity contribution is -0.145. The number of aliphatic hydroxyl groups excluding tert-OH is 1. The number of rotatable bonds is 5. The molecule has 1 aliphatic heterocycles. The Labute approximate surface area is 202 Å². The standard InChI is InChI=1S/C23H23F3N6O4/c1-36-23(35)10-4-15(17(33)5-10)29-20-18-19(30-31-21(18)28-9-27-20)22(34)32-8-12(25)7-16(32)13-6-11(24)2-3-14(13)26/h2-3,6,9-10,12,15-17,33H,4-5,7-8H2,1H3,(H2,27,28,29,30,31)/t10-,12+,15-,16-,17-/m1/s1. The molecule has 0 spiro atoms. The summed E-state index contributed by atoms with van der Waals surface area (Å²) in [6.07, 6.45) is -0.811. The zero-order valence-corrected chi connectivity index (χ0v) is 19.1. The molecule has 2 fully saturated rings. The van der Waals surface area contributed by atoms with Crippen molar-refractivity contribution in [2.45, 2.75) is 43.6 Å². The second-order valence-corrected chi connectivity index (χ2v) is 9.00. The number of H-pyrrole nitrogens is 1. The first-order valence-corrected chi connectivity index (χ1v) is 11.4. The van der Waals surface area contributed by atoms with Crippen molar-refractivity contribution in [2.75, 3.05) is 19.0 Å². The number of likely N-dealkylation sites (tertiary alicyclic amines) is 1. The van der Waals surface area contributed by atoms with Crippen molar-refractivity contribution in [2.24, 2.45) is 5.92 Å². The normalized spacial score (nSPS) is 25.9. The molecule has 1 aromatic carbocycles. The number of hydrogen-bond donors (Lipinski definition) is 3. The van der Waals surface area contributed by atoms with E-state index in [1.807, 2.05) is 0 Å². The van der Waals surface area contributed by atoms with E-state index in [4.69, 9.17) is 4.74 Å². The Balaban J connectivity index is 1.47. The van der Waals surface area contributed by atoms with Crippen molar-refractivity contribution in [3.8, 4) is 0 Å². The topological polar surface area (TPSA) is 133 Å². The molecule has 0 unspecified atom stereocenters. The van der Waals surface area contributed by atoms with Gasteiger partial charge in [0.1, 0.15) is 30.0 Å². The Bertz CT molecular complexity index is 1320. The summed E-state index contributed by atoms with van der Waals surface area (Å²) in [4.78, 5) is 34.8. The number of aromatic amines is 1. The molecule has 13 heteroatoms. The van der Waals surface area contributed by atoms with Crippen LogP contribution in [0.15, 0.2) is 24.5 Å². The van der Waals surface area contributed by atoms with Crippen LogP contribution in [0.3, 0.4) is 0 Å². The number of carbonyl (C=O) groups is 2. The van der Waals surface area contributed by atoms with Crippen LogP contribution in [0.2, 0.25) is 0 Å². The molecule has 3 N–H and O–H groups in total. The molecule has 5 rings (SSSR count). The maximum absolute atomic E-state index is 14.5. The van der Waals surface area contributed by atoms with E-state index < -0.39 is 53.8 Å². The smallest absolute Gasteiger partial charge is 0.308 e. The molecule has 3 heterocycles. The molecule has 10 nitrogen and oxygen atoms in total. The van der Waals surface area contributed by atoms with E-state index in [2.05, 4.69) is 25.5 Å². The van der Waals surface area contributed by atoms with Gasteiger partial charge in [-0.3, -0.25) is 14.7 Å². The monoisotopic (exact) mass is 504 g/mol. The summed E-state index contributed by atoms with van der Waals surface area (Å²) in [7, 11) is 1.27. The molecule has 3 aromatic rings. The van der Waals surface area contributed by atoms with Crippen LogP contribution < -0.4 is 5.32 Å². The fourth-order valence-electron chi connectivity index (χ4n) is 5.04. The lowest BCUT2D eigenvalue weighted by Crippen LogP contribution is -2.32. The number of fused-ring (bicyclic) bond motifs is 1. The van der Waals surface area contributed by atoms with Gasteiger partial charge in [-0.15, -0.1) is 0 Å². The molecule has 5 atom stereocenters. The first-order chi connectivity index (χ1) is 17.3. The molecule has 1 saturated carbocycles. The van der Waals surface area contributed by atoms with E-state index >= 15 is 0 Å². The first kappa shape index (κ1) is 24.0. The van der Waals surface area contributed by atoms with Gasteiger partial charge in [0.15, 0.2) is 11.3 Å². The van der Waals surface area contributed by atoms with E-state index in [-0.39, 0.29) is 53.9 Å². The number of methoxy groups -OCH3 is 1. The summed E-state index contributed by atoms with van der Waals surface area (Å²) in [5, 5.41) is 20.4. The van der Waals surface area contributed by atoms with Crippen LogP contribution in [0, 0.1) is 17.6 Å². The number of aromatic nitrogens is 4. The lowest BCUT2D eigenvalue weighted by Gasteiger charge is -2.24. The number of esters is 1. The molecule has 36 heavy (non-hydrogen) atoms. The van der Waals surface area contributed by atoms with E-state index in [0.29, 0.717) is 0 Å². The summed E-state index contributed by atoms with van der Waals surface area (Å²) >= 11 is 0. The summed E-state index contributed by atoms with van der Waals surface area (Å²) in [5.41, 5.74) is -0.0563. The van der Waals surface area contributed by atoms with Crippen molar-refractivity contribution in [1.82, 2.24) is 25.1 Å². The molecule has 1 amide bonds. The Morgan fingerprint density at radius 3 is 2.81 bits per heavy atom. The number of hydrogen-bond acceptors (Lipinski definition) is 8. The van der Waals surface area contributed by atoms with Crippen molar-refractivity contribution in [3.05, 3.63) is 47.4 Å². The maximum Gasteiger partial charge on any atom is 0.308 e. The summed E-state index contributed by atoms with van der Waals surface area (Å²) in [5.74, 6) is -2.93. The predicted molar refractivity (Wildman–Crippen MR) is 119 cm³/mol. The third-order valence-electron chi connectivity index (χ3n) is 6.77. The summed E-state index contributed by atoms with van der Waals surface area (Å²) in [6, 6.07) is 1.24. The van der Waals surface area contributed by atoms with Gasteiger partial charge in [0, 0.05) is 12.0 Å². The highest BCUT2D eigenvalue weighted by molar-refractivity contribution is 6.08. The minimum Gasteiger partial charge on any atom is -0.469 e. The molecule has 0 radical (unpaired) electrons. The SMILES string of the molecule is COC(=O)[C@H]1C[C@@H](O)[C@H](Nc2ncnc3[nH]nc(C(=O)N4C[C@@H](F)C[C@@H]4c4cc(F)ccc4F)c23)C1. The van der Waals surface area contributed by atoms with Gasteiger partial charge in [-0.2, -0.15) is 5.10 Å². The fraction of sp³-hybridized carbons (Fsp3) is 0.435. The first-order valence-electron chi connectivity index (χ1n) is 11.4. The number of aliphatic hydroxyl groups is 1. The maximum atomic E-state index is 14.5. The minimum atomic E-state index is -1.44. The summed E-state index contributed by atoms with van der Waals surface area (Å²) < 4.78 is 47.5. The molecular weight excluding hydrogens is 481 g/mol. The molecule has 0 bridgehead atoms. The highest BCUT2D eigenvalue weighted by atomic mass is 19.1. The van der Waals surface area contributed by atoms with Crippen LogP contribution in [-0.2, 0) is 9.53 Å². The van der Waals surface area contributed by atoms with Crippen LogP contribution in [0.4, 0.5) is 19.0 Å². The number of amides is 1. The van der Waals surface area contributed by atoms with Crippen LogP contribution in [0.25, 0.3) is 11.0 Å². The fourth-order valence-corrected chi connectivity index (χ4v) is 5.04. The molecule has 190 valence electrons. The Kier molecular flexibility index (Phi) is 6.24. The van der Waals surface area contributed by atoms with Crippen LogP contribution in [-0.4, -0.2) is 74.0 Å². The number of halogens is 3. The number of nitrogens with zero attached hydrogens (tertiary/aromatic N) is 4. The van der Waals surface area contributed by atoms with Crippen LogP contribution >= 0.6 is 0 Å². The van der Waals surface area contributed by atoms with Crippen LogP contribution in [0.5, 0.6) is 0 Å². The average Bonchev–Trinajstić information content (AvgIpc) is 3.57. The van der Waals surface area contributed by atoms with E-state index in [9.17, 15) is 27.9 Å². The van der Waals surface area contributed by atoms with E-state index in [0.717, 1.165) is 23.1 Å². The largest absolute Gasteiger partial charge is 0.469 e. The van der Waals surface area contributed by atoms with Crippen molar-refractivity contribution in [1.29, 1.82) is 0 Å². The Morgan fingerprint density at radius 1 is 1.22 bits per heavy atom. The Morgan fingerprint density at radius 2 is 2.03 bits per heavy atom. The lowest BCUT2D eigenvalue weighted by atomic mass is 10.0. The molecule has 1 saturated heterocycles. The van der Waals surface area contributed by atoms with Crippen molar-refractivity contribution in [3.63, 3.8) is 0 Å². The van der Waals surface area contributed by atoms with Gasteiger partial charge in [0.2, 0.25) is 0 Å². The van der Waals surface area contributed by atoms with Gasteiger partial charge in [-0.25, -0.2) is 23.1 Å². The third-order valence-corrected chi connectivity index (χ3v) is 6.77. The van der Waals surface area contributed by atoms with Gasteiger partial charge in [-0.05, 0) is 31.0 Å². The summed E-state index contributed by atoms with van der Waals surface area (Å²) in [6.45, 7) is -0.327. The molecule has 2 aromatic heterocycles. The highest BCUT2D eigenvalue weighted by Gasteiger charge is 2.41. The predicted octanol–water partition coefficient (Wildman–Crippen LogP) is 2.28.